The first-order chi connectivity index (χ1) is 19.7. The van der Waals surface area contributed by atoms with Gasteiger partial charge in [0.05, 0.1) is 35.3 Å². The van der Waals surface area contributed by atoms with Crippen LogP contribution in [0.3, 0.4) is 0 Å². The van der Waals surface area contributed by atoms with Crippen molar-refractivity contribution >= 4 is 17.3 Å². The van der Waals surface area contributed by atoms with Gasteiger partial charge in [0.15, 0.2) is 0 Å². The summed E-state index contributed by atoms with van der Waals surface area (Å²) in [6, 6.07) is 7.11. The predicted octanol–water partition coefficient (Wildman–Crippen LogP) is 4.50. The van der Waals surface area contributed by atoms with Gasteiger partial charge in [-0.2, -0.15) is 5.26 Å². The maximum atomic E-state index is 15.9. The lowest BCUT2D eigenvalue weighted by Gasteiger charge is -2.39. The van der Waals surface area contributed by atoms with Crippen molar-refractivity contribution in [1.29, 1.82) is 10.7 Å². The Morgan fingerprint density at radius 1 is 1.22 bits per heavy atom. The number of aromatic nitrogens is 1. The predicted molar refractivity (Wildman–Crippen MR) is 152 cm³/mol. The number of ether oxygens (including phenoxy) is 1. The minimum atomic E-state index is -1.49. The molecule has 5 rings (SSSR count). The third-order valence-corrected chi connectivity index (χ3v) is 8.25. The van der Waals surface area contributed by atoms with Crippen molar-refractivity contribution in [3.05, 3.63) is 64.4 Å². The number of halogens is 2. The number of amides is 1. The maximum Gasteiger partial charge on any atom is 0.271 e. The second-order valence-corrected chi connectivity index (χ2v) is 11.2. The molecule has 3 aliphatic heterocycles. The van der Waals surface area contributed by atoms with Gasteiger partial charge in [-0.15, -0.1) is 0 Å². The molecule has 216 valence electrons. The molecule has 1 saturated heterocycles. The second-order valence-electron chi connectivity index (χ2n) is 11.2. The third kappa shape index (κ3) is 5.31. The monoisotopic (exact) mass is 562 g/mol. The lowest BCUT2D eigenvalue weighted by Crippen LogP contribution is -2.52. The van der Waals surface area contributed by atoms with Gasteiger partial charge in [-0.25, -0.2) is 8.78 Å². The van der Waals surface area contributed by atoms with Crippen LogP contribution in [0.2, 0.25) is 0 Å². The molecule has 1 amide bonds. The van der Waals surface area contributed by atoms with Crippen molar-refractivity contribution in [3.8, 4) is 11.8 Å². The minimum Gasteiger partial charge on any atom is -0.493 e. The Bertz CT molecular complexity index is 1410. The fraction of sp³-hybridized carbons (Fsp3) is 0.484. The number of hydrogen-bond donors (Lipinski definition) is 2. The number of fused-ring (bicyclic) bond motifs is 4. The summed E-state index contributed by atoms with van der Waals surface area (Å²) in [7, 11) is 0. The van der Waals surface area contributed by atoms with Gasteiger partial charge in [0.1, 0.15) is 29.4 Å². The van der Waals surface area contributed by atoms with Crippen LogP contribution in [0.15, 0.2) is 41.7 Å². The zero-order valence-electron chi connectivity index (χ0n) is 23.7. The zero-order chi connectivity index (χ0) is 29.3. The molecule has 1 unspecified atom stereocenters. The van der Waals surface area contributed by atoms with Gasteiger partial charge in [-0.05, 0) is 55.9 Å². The van der Waals surface area contributed by atoms with Crippen LogP contribution in [0, 0.1) is 28.5 Å². The smallest absolute Gasteiger partial charge is 0.271 e. The van der Waals surface area contributed by atoms with E-state index in [2.05, 4.69) is 16.4 Å². The molecule has 3 atom stereocenters. The number of carbonyl (C=O) groups excluding carboxylic acids is 1. The summed E-state index contributed by atoms with van der Waals surface area (Å²) in [6.07, 6.45) is 1.32. The van der Waals surface area contributed by atoms with E-state index in [0.717, 1.165) is 5.56 Å². The van der Waals surface area contributed by atoms with E-state index in [9.17, 15) is 15.5 Å². The van der Waals surface area contributed by atoms with Crippen LogP contribution in [0.5, 0.6) is 5.75 Å². The Labute approximate surface area is 239 Å². The summed E-state index contributed by atoms with van der Waals surface area (Å²) >= 11 is 0. The molecular weight excluding hydrogens is 526 g/mol. The average molecular weight is 563 g/mol. The molecule has 0 aliphatic carbocycles. The number of piperazine rings is 1. The molecule has 1 aromatic carbocycles. The van der Waals surface area contributed by atoms with Crippen LogP contribution in [0.25, 0.3) is 0 Å². The van der Waals surface area contributed by atoms with E-state index in [-0.39, 0.29) is 41.5 Å². The molecule has 1 fully saturated rings. The lowest BCUT2D eigenvalue weighted by molar-refractivity contribution is -0.115. The van der Waals surface area contributed by atoms with Crippen molar-refractivity contribution in [3.63, 3.8) is 0 Å². The van der Waals surface area contributed by atoms with Crippen LogP contribution in [0.4, 0.5) is 14.5 Å². The average Bonchev–Trinajstić information content (AvgIpc) is 3.10. The molecule has 8 nitrogen and oxygen atoms in total. The number of rotatable bonds is 3. The Kier molecular flexibility index (Phi) is 8.36. The highest BCUT2D eigenvalue weighted by Gasteiger charge is 2.47. The molecule has 10 heteroatoms. The Morgan fingerprint density at radius 2 is 1.98 bits per heavy atom. The van der Waals surface area contributed by atoms with Crippen LogP contribution >= 0.6 is 0 Å². The summed E-state index contributed by atoms with van der Waals surface area (Å²) in [5.41, 5.74) is 1.92. The highest BCUT2D eigenvalue weighted by atomic mass is 19.1. The Hall–Kier alpha value is -3.84. The van der Waals surface area contributed by atoms with Crippen molar-refractivity contribution < 1.29 is 18.3 Å². The summed E-state index contributed by atoms with van der Waals surface area (Å²) in [4.78, 5) is 22.7. The van der Waals surface area contributed by atoms with Crippen LogP contribution in [-0.2, 0) is 11.2 Å². The molecule has 0 radical (unpaired) electrons. The van der Waals surface area contributed by atoms with Gasteiger partial charge in [0, 0.05) is 44.0 Å². The van der Waals surface area contributed by atoms with Crippen LogP contribution in [-0.4, -0.2) is 66.5 Å². The van der Waals surface area contributed by atoms with Gasteiger partial charge in [-0.3, -0.25) is 14.7 Å². The van der Waals surface area contributed by atoms with Crippen LogP contribution in [0.1, 0.15) is 56.4 Å². The van der Waals surface area contributed by atoms with Crippen molar-refractivity contribution in [1.82, 2.24) is 15.2 Å². The van der Waals surface area contributed by atoms with E-state index < -0.39 is 29.9 Å². The van der Waals surface area contributed by atoms with E-state index in [1.54, 1.807) is 12.3 Å². The molecule has 0 saturated carbocycles. The van der Waals surface area contributed by atoms with Crippen molar-refractivity contribution in [2.24, 2.45) is 5.92 Å². The first kappa shape index (κ1) is 28.7. The quantitative estimate of drug-likeness (QED) is 0.571. The molecule has 0 spiro atoms. The Morgan fingerprint density at radius 3 is 2.66 bits per heavy atom. The number of nitrogens with one attached hydrogen (secondary N) is 2. The highest BCUT2D eigenvalue weighted by Crippen LogP contribution is 2.42. The summed E-state index contributed by atoms with van der Waals surface area (Å²) in [6.45, 7) is 8.03. The normalized spacial score (nSPS) is 22.6. The zero-order valence-corrected chi connectivity index (χ0v) is 23.7. The fourth-order valence-electron chi connectivity index (χ4n) is 6.22. The first-order valence-corrected chi connectivity index (χ1v) is 14.3. The summed E-state index contributed by atoms with van der Waals surface area (Å²) in [5, 5.41) is 23.2. The van der Waals surface area contributed by atoms with Crippen LogP contribution < -0.4 is 15.0 Å². The summed E-state index contributed by atoms with van der Waals surface area (Å²) in [5.74, 6) is -2.18. The molecule has 0 bridgehead atoms. The number of nitrogens with zero attached hydrogens (tertiary/aromatic N) is 4. The molecular formula is C31H36F2N6O2. The number of anilines is 1. The first-order valence-electron chi connectivity index (χ1n) is 14.3. The maximum absolute atomic E-state index is 15.9. The minimum absolute atomic E-state index is 0.0487. The standard InChI is InChI=1S/C31H36F2N6O2/c1-18(2)28-29-20(9-10-37-28)6-5-15-41-25-8-4-7-23(33)26(25)27(35)30-21(19(3)32)16-24(38-13-11-36-12-14-38)22(17-34)31(40)39(29)30/h4,7-10,18-19,21,30,35-36H,5-6,11-16H2,1-3H3/t19-,21+,30?/m0/s1. The molecule has 2 N–H and O–H groups in total. The SMILES string of the molecule is CC(C)c1nccc2c1N1C(=O)C(C#N)=C(N3CCNCC3)C[C@H]([C@H](C)F)C1C(=N)c1c(F)cccc1OCCC2. The fourth-order valence-corrected chi connectivity index (χ4v) is 6.22. The molecule has 3 aliphatic rings. The number of carbonyl (C=O) groups is 1. The number of hydrogen-bond acceptors (Lipinski definition) is 7. The van der Waals surface area contributed by atoms with Crippen molar-refractivity contribution in [2.75, 3.05) is 37.7 Å². The lowest BCUT2D eigenvalue weighted by atomic mass is 9.83. The number of allylic oxidation sites excluding steroid dienone is 1. The number of pyridine rings is 1. The van der Waals surface area contributed by atoms with Gasteiger partial charge < -0.3 is 20.4 Å². The van der Waals surface area contributed by atoms with E-state index >= 15 is 8.78 Å². The van der Waals surface area contributed by atoms with E-state index in [1.165, 1.54) is 24.0 Å². The van der Waals surface area contributed by atoms with Crippen molar-refractivity contribution in [2.45, 2.75) is 58.2 Å². The largest absolute Gasteiger partial charge is 0.493 e. The topological polar surface area (TPSA) is 105 Å². The second kappa shape index (κ2) is 12.0. The Balaban J connectivity index is 1.84. The number of alkyl halides is 1. The van der Waals surface area contributed by atoms with Gasteiger partial charge in [0.25, 0.3) is 5.91 Å². The number of benzene rings is 1. The van der Waals surface area contributed by atoms with E-state index in [4.69, 9.17) is 4.74 Å². The van der Waals surface area contributed by atoms with E-state index in [1.807, 2.05) is 24.8 Å². The number of aryl methyl sites for hydroxylation is 1. The highest BCUT2D eigenvalue weighted by molar-refractivity contribution is 6.17. The molecule has 4 heterocycles. The molecule has 1 aromatic heterocycles. The number of nitriles is 1. The third-order valence-electron chi connectivity index (χ3n) is 8.25. The van der Waals surface area contributed by atoms with E-state index in [0.29, 0.717) is 56.1 Å². The molecule has 2 aromatic rings. The van der Waals surface area contributed by atoms with Gasteiger partial charge in [0.2, 0.25) is 0 Å². The molecule has 41 heavy (non-hydrogen) atoms. The van der Waals surface area contributed by atoms with Gasteiger partial charge in [-0.1, -0.05) is 19.9 Å². The van der Waals surface area contributed by atoms with Gasteiger partial charge >= 0.3 is 0 Å². The summed E-state index contributed by atoms with van der Waals surface area (Å²) < 4.78 is 37.5.